The Kier molecular flexibility index (Phi) is 4.45. The van der Waals surface area contributed by atoms with Gasteiger partial charge in [0, 0.05) is 13.5 Å². The summed E-state index contributed by atoms with van der Waals surface area (Å²) >= 11 is 6.15. The minimum atomic E-state index is 0.111. The van der Waals surface area contributed by atoms with E-state index in [1.165, 1.54) is 0 Å². The van der Waals surface area contributed by atoms with E-state index in [1.807, 2.05) is 31.2 Å². The van der Waals surface area contributed by atoms with E-state index >= 15 is 0 Å². The maximum absolute atomic E-state index is 12.1. The Morgan fingerprint density at radius 2 is 1.95 bits per heavy atom. The second-order valence-corrected chi connectivity index (χ2v) is 5.09. The molecule has 0 fully saturated rings. The molecule has 0 aliphatic rings. The number of aryl methyl sites for hydroxylation is 2. The zero-order chi connectivity index (χ0) is 14.7. The molecule has 0 saturated carbocycles. The van der Waals surface area contributed by atoms with E-state index in [4.69, 9.17) is 16.3 Å². The van der Waals surface area contributed by atoms with Crippen LogP contribution >= 0.6 is 11.6 Å². The molecule has 106 valence electrons. The molecular weight excluding hydrogens is 276 g/mol. The molecule has 1 aromatic heterocycles. The molecule has 0 saturated heterocycles. The second kappa shape index (κ2) is 6.09. The third-order valence-corrected chi connectivity index (χ3v) is 3.68. The highest BCUT2D eigenvalue weighted by Crippen LogP contribution is 2.20. The Balaban J connectivity index is 2.05. The fourth-order valence-corrected chi connectivity index (χ4v) is 2.32. The lowest BCUT2D eigenvalue weighted by molar-refractivity contribution is -0.117. The Bertz CT molecular complexity index is 618. The first-order valence-corrected chi connectivity index (χ1v) is 6.71. The van der Waals surface area contributed by atoms with Crippen LogP contribution in [0.1, 0.15) is 17.0 Å². The highest BCUT2D eigenvalue weighted by molar-refractivity contribution is 6.32. The Morgan fingerprint density at radius 3 is 2.45 bits per heavy atom. The molecule has 2 rings (SSSR count). The van der Waals surface area contributed by atoms with Crippen molar-refractivity contribution in [3.05, 3.63) is 46.2 Å². The van der Waals surface area contributed by atoms with Crippen LogP contribution in [0.5, 0.6) is 5.75 Å². The minimum absolute atomic E-state index is 0.111. The van der Waals surface area contributed by atoms with Crippen molar-refractivity contribution in [2.45, 2.75) is 19.8 Å². The van der Waals surface area contributed by atoms with E-state index in [-0.39, 0.29) is 5.78 Å². The summed E-state index contributed by atoms with van der Waals surface area (Å²) < 4.78 is 6.76. The lowest BCUT2D eigenvalue weighted by Gasteiger charge is -2.04. The summed E-state index contributed by atoms with van der Waals surface area (Å²) in [5.41, 5.74) is 2.48. The van der Waals surface area contributed by atoms with Crippen LogP contribution in [0, 0.1) is 6.92 Å². The van der Waals surface area contributed by atoms with E-state index in [1.54, 1.807) is 18.8 Å². The van der Waals surface area contributed by atoms with Crippen LogP contribution in [0.3, 0.4) is 0 Å². The average molecular weight is 293 g/mol. The summed E-state index contributed by atoms with van der Waals surface area (Å²) in [5, 5.41) is 4.79. The first-order chi connectivity index (χ1) is 9.51. The smallest absolute Gasteiger partial charge is 0.143 e. The Labute approximate surface area is 123 Å². The topological polar surface area (TPSA) is 44.1 Å². The molecule has 1 aromatic carbocycles. The van der Waals surface area contributed by atoms with Gasteiger partial charge in [0.25, 0.3) is 0 Å². The van der Waals surface area contributed by atoms with Gasteiger partial charge in [-0.05, 0) is 24.6 Å². The molecule has 0 amide bonds. The molecule has 5 heteroatoms. The number of carbonyl (C=O) groups excluding carboxylic acids is 1. The van der Waals surface area contributed by atoms with Crippen molar-refractivity contribution in [3.63, 3.8) is 0 Å². The number of halogens is 1. The molecule has 0 aliphatic carbocycles. The molecule has 0 radical (unpaired) electrons. The zero-order valence-corrected chi connectivity index (χ0v) is 12.6. The van der Waals surface area contributed by atoms with Gasteiger partial charge in [-0.1, -0.05) is 23.7 Å². The number of nitrogens with zero attached hydrogens (tertiary/aromatic N) is 2. The highest BCUT2D eigenvalue weighted by Gasteiger charge is 2.15. The molecule has 0 N–H and O–H groups in total. The molecule has 0 bridgehead atoms. The first kappa shape index (κ1) is 14.6. The first-order valence-electron chi connectivity index (χ1n) is 6.34. The third-order valence-electron chi connectivity index (χ3n) is 3.19. The molecule has 0 spiro atoms. The molecule has 0 unspecified atom stereocenters. The van der Waals surface area contributed by atoms with Crippen molar-refractivity contribution in [1.82, 2.24) is 9.78 Å². The number of aromatic nitrogens is 2. The number of hydrogen-bond donors (Lipinski definition) is 0. The predicted octanol–water partition coefficient (Wildman–Crippen LogP) is 2.74. The lowest BCUT2D eigenvalue weighted by atomic mass is 10.1. The molecule has 4 nitrogen and oxygen atoms in total. The van der Waals surface area contributed by atoms with Gasteiger partial charge in [-0.2, -0.15) is 5.10 Å². The van der Waals surface area contributed by atoms with Crippen molar-refractivity contribution in [2.24, 2.45) is 7.05 Å². The van der Waals surface area contributed by atoms with Crippen LogP contribution in [0.2, 0.25) is 5.02 Å². The van der Waals surface area contributed by atoms with Crippen LogP contribution in [0.15, 0.2) is 24.3 Å². The van der Waals surface area contributed by atoms with Crippen molar-refractivity contribution < 1.29 is 9.53 Å². The van der Waals surface area contributed by atoms with Gasteiger partial charge in [-0.15, -0.1) is 0 Å². The van der Waals surface area contributed by atoms with Gasteiger partial charge in [0.1, 0.15) is 11.5 Å². The normalized spacial score (nSPS) is 10.6. The van der Waals surface area contributed by atoms with E-state index in [9.17, 15) is 4.79 Å². The Hall–Kier alpha value is -1.81. The fourth-order valence-electron chi connectivity index (χ4n) is 2.09. The number of ether oxygens (including phenoxy) is 1. The van der Waals surface area contributed by atoms with E-state index in [2.05, 4.69) is 5.10 Å². The van der Waals surface area contributed by atoms with Gasteiger partial charge in [-0.25, -0.2) is 0 Å². The number of rotatable bonds is 5. The van der Waals surface area contributed by atoms with Gasteiger partial charge in [0.2, 0.25) is 0 Å². The average Bonchev–Trinajstić information content (AvgIpc) is 2.66. The second-order valence-electron chi connectivity index (χ2n) is 4.71. The summed E-state index contributed by atoms with van der Waals surface area (Å²) in [6, 6.07) is 7.49. The van der Waals surface area contributed by atoms with E-state index in [0.29, 0.717) is 17.9 Å². The molecule has 20 heavy (non-hydrogen) atoms. The van der Waals surface area contributed by atoms with Crippen molar-refractivity contribution in [2.75, 3.05) is 7.11 Å². The molecule has 1 heterocycles. The molecule has 0 aliphatic heterocycles. The Morgan fingerprint density at radius 1 is 1.30 bits per heavy atom. The highest BCUT2D eigenvalue weighted by atomic mass is 35.5. The van der Waals surface area contributed by atoms with Gasteiger partial charge >= 0.3 is 0 Å². The van der Waals surface area contributed by atoms with Gasteiger partial charge in [0.15, 0.2) is 0 Å². The standard InChI is InChI=1S/C15H17ClN2O2/c1-10-15(16)14(18(2)17-10)9-12(19)8-11-4-6-13(20-3)7-5-11/h4-7H,8-9H2,1-3H3. The van der Waals surface area contributed by atoms with Crippen LogP contribution in [-0.4, -0.2) is 22.7 Å². The van der Waals surface area contributed by atoms with Gasteiger partial charge in [-0.3, -0.25) is 9.48 Å². The van der Waals surface area contributed by atoms with Crippen LogP contribution in [-0.2, 0) is 24.7 Å². The summed E-state index contributed by atoms with van der Waals surface area (Å²) in [6.07, 6.45) is 0.673. The minimum Gasteiger partial charge on any atom is -0.497 e. The number of methoxy groups -OCH3 is 1. The number of ketones is 1. The SMILES string of the molecule is COc1ccc(CC(=O)Cc2c(Cl)c(C)nn2C)cc1. The number of carbonyl (C=O) groups is 1. The molecular formula is C15H17ClN2O2. The maximum Gasteiger partial charge on any atom is 0.143 e. The summed E-state index contributed by atoms with van der Waals surface area (Å²) in [4.78, 5) is 12.1. The van der Waals surface area contributed by atoms with E-state index in [0.717, 1.165) is 22.7 Å². The predicted molar refractivity (Wildman–Crippen MR) is 78.4 cm³/mol. The lowest BCUT2D eigenvalue weighted by Crippen LogP contribution is -2.10. The van der Waals surface area contributed by atoms with E-state index < -0.39 is 0 Å². The number of hydrogen-bond acceptors (Lipinski definition) is 3. The van der Waals surface area contributed by atoms with Crippen LogP contribution in [0.25, 0.3) is 0 Å². The monoisotopic (exact) mass is 292 g/mol. The van der Waals surface area contributed by atoms with Gasteiger partial charge in [0.05, 0.1) is 29.9 Å². The van der Waals surface area contributed by atoms with Gasteiger partial charge < -0.3 is 4.74 Å². The fraction of sp³-hybridized carbons (Fsp3) is 0.333. The number of Topliss-reactive ketones (excluding diaryl/α,β-unsaturated/α-hetero) is 1. The van der Waals surface area contributed by atoms with Crippen LogP contribution < -0.4 is 4.74 Å². The maximum atomic E-state index is 12.1. The quantitative estimate of drug-likeness (QED) is 0.851. The third kappa shape index (κ3) is 3.20. The summed E-state index contributed by atoms with van der Waals surface area (Å²) in [5.74, 6) is 0.895. The summed E-state index contributed by atoms with van der Waals surface area (Å²) in [7, 11) is 3.42. The molecule has 2 aromatic rings. The van der Waals surface area contributed by atoms with Crippen molar-refractivity contribution in [3.8, 4) is 5.75 Å². The van der Waals surface area contributed by atoms with Crippen LogP contribution in [0.4, 0.5) is 0 Å². The number of benzene rings is 1. The largest absolute Gasteiger partial charge is 0.497 e. The zero-order valence-electron chi connectivity index (χ0n) is 11.8. The van der Waals surface area contributed by atoms with Crippen molar-refractivity contribution >= 4 is 17.4 Å². The van der Waals surface area contributed by atoms with Crippen molar-refractivity contribution in [1.29, 1.82) is 0 Å². The molecule has 0 atom stereocenters. The summed E-state index contributed by atoms with van der Waals surface area (Å²) in [6.45, 7) is 1.83.